The summed E-state index contributed by atoms with van der Waals surface area (Å²) in [6.07, 6.45) is 2.36. The standard InChI is InChI=1S/C47H45BN2/c1-45(2)24-25-46(3,4)38-29-40(49-32-18-11-8-12-19-32)33(28-37(38)45)34-26-31(30-16-9-7-10-17-30)27-42-43(34)48-39-22-15-21-36-44(39)50(42)41-23-14-13-20-35(41)47(36,5)6/h7-23,26-29,48-49H,24-25H2,1-6H3. The molecule has 0 bridgehead atoms. The molecule has 2 heterocycles. The third kappa shape index (κ3) is 4.70. The second-order valence-corrected chi connectivity index (χ2v) is 16.6. The normalized spacial score (nSPS) is 17.0. The summed E-state index contributed by atoms with van der Waals surface area (Å²) < 4.78 is 0. The molecule has 0 unspecified atom stereocenters. The number of anilines is 5. The summed E-state index contributed by atoms with van der Waals surface area (Å²) in [5.74, 6) is 0. The third-order valence-electron chi connectivity index (χ3n) is 12.1. The Morgan fingerprint density at radius 1 is 0.540 bits per heavy atom. The van der Waals surface area contributed by atoms with E-state index in [1.165, 1.54) is 91.0 Å². The largest absolute Gasteiger partial charge is 0.355 e. The van der Waals surface area contributed by atoms with Crippen molar-refractivity contribution in [1.82, 2.24) is 0 Å². The van der Waals surface area contributed by atoms with Gasteiger partial charge in [-0.2, -0.15) is 0 Å². The Labute approximate surface area is 298 Å². The molecule has 6 aromatic rings. The van der Waals surface area contributed by atoms with Crippen molar-refractivity contribution in [3.63, 3.8) is 0 Å². The quantitative estimate of drug-likeness (QED) is 0.191. The highest BCUT2D eigenvalue weighted by Gasteiger charge is 2.42. The molecule has 3 heteroatoms. The predicted octanol–water partition coefficient (Wildman–Crippen LogP) is 10.9. The number of hydrogen-bond donors (Lipinski definition) is 1. The molecule has 0 fully saturated rings. The molecule has 1 aliphatic carbocycles. The fourth-order valence-electron chi connectivity index (χ4n) is 9.10. The zero-order valence-corrected chi connectivity index (χ0v) is 30.2. The summed E-state index contributed by atoms with van der Waals surface area (Å²) in [4.78, 5) is 2.59. The average molecular weight is 649 g/mol. The minimum atomic E-state index is -0.0978. The fraction of sp³-hybridized carbons (Fsp3) is 0.234. The first-order valence-corrected chi connectivity index (χ1v) is 18.3. The number of hydrogen-bond acceptors (Lipinski definition) is 2. The second-order valence-electron chi connectivity index (χ2n) is 16.6. The van der Waals surface area contributed by atoms with E-state index in [-0.39, 0.29) is 16.2 Å². The van der Waals surface area contributed by atoms with Gasteiger partial charge in [-0.25, -0.2) is 0 Å². The molecule has 0 amide bonds. The van der Waals surface area contributed by atoms with Crippen LogP contribution in [0, 0.1) is 0 Å². The maximum Gasteiger partial charge on any atom is 0.198 e. The van der Waals surface area contributed by atoms with Crippen molar-refractivity contribution >= 4 is 46.6 Å². The van der Waals surface area contributed by atoms with E-state index in [4.69, 9.17) is 0 Å². The van der Waals surface area contributed by atoms with Gasteiger partial charge >= 0.3 is 0 Å². The van der Waals surface area contributed by atoms with Crippen molar-refractivity contribution in [3.05, 3.63) is 150 Å². The Morgan fingerprint density at radius 3 is 1.92 bits per heavy atom. The van der Waals surface area contributed by atoms with E-state index < -0.39 is 0 Å². The smallest absolute Gasteiger partial charge is 0.198 e. The van der Waals surface area contributed by atoms with Gasteiger partial charge in [0.25, 0.3) is 0 Å². The number of rotatable bonds is 4. The fourth-order valence-corrected chi connectivity index (χ4v) is 9.10. The molecule has 2 nitrogen and oxygen atoms in total. The first-order valence-electron chi connectivity index (χ1n) is 18.3. The van der Waals surface area contributed by atoms with Crippen LogP contribution >= 0.6 is 0 Å². The zero-order chi connectivity index (χ0) is 34.4. The van der Waals surface area contributed by atoms with E-state index in [9.17, 15) is 0 Å². The Hall–Kier alpha value is -5.02. The molecule has 0 spiro atoms. The average Bonchev–Trinajstić information content (AvgIpc) is 3.12. The predicted molar refractivity (Wildman–Crippen MR) is 216 cm³/mol. The monoisotopic (exact) mass is 648 g/mol. The molecule has 1 N–H and O–H groups in total. The number of fused-ring (bicyclic) bond motifs is 5. The topological polar surface area (TPSA) is 15.3 Å². The Bertz CT molecular complexity index is 2300. The highest BCUT2D eigenvalue weighted by Crippen LogP contribution is 2.54. The van der Waals surface area contributed by atoms with Crippen LogP contribution in [-0.4, -0.2) is 7.28 Å². The molecular formula is C47H45BN2. The molecular weight excluding hydrogens is 603 g/mol. The van der Waals surface area contributed by atoms with Crippen molar-refractivity contribution in [2.24, 2.45) is 0 Å². The molecule has 6 aromatic carbocycles. The Morgan fingerprint density at radius 2 is 1.18 bits per heavy atom. The molecule has 0 saturated heterocycles. The van der Waals surface area contributed by atoms with Crippen LogP contribution < -0.4 is 21.1 Å². The van der Waals surface area contributed by atoms with Crippen LogP contribution in [0.4, 0.5) is 28.4 Å². The number of nitrogens with zero attached hydrogens (tertiary/aromatic N) is 1. The van der Waals surface area contributed by atoms with Crippen molar-refractivity contribution in [2.45, 2.75) is 70.6 Å². The maximum absolute atomic E-state index is 3.93. The van der Waals surface area contributed by atoms with Gasteiger partial charge in [-0.1, -0.05) is 132 Å². The summed E-state index contributed by atoms with van der Waals surface area (Å²) in [5.41, 5.74) is 19.8. The van der Waals surface area contributed by atoms with Gasteiger partial charge in [-0.15, -0.1) is 0 Å². The summed E-state index contributed by atoms with van der Waals surface area (Å²) in [5, 5.41) is 3.93. The van der Waals surface area contributed by atoms with E-state index in [1.807, 2.05) is 0 Å². The molecule has 0 aromatic heterocycles. The van der Waals surface area contributed by atoms with Crippen LogP contribution in [0.1, 0.15) is 76.6 Å². The van der Waals surface area contributed by atoms with E-state index >= 15 is 0 Å². The maximum atomic E-state index is 3.93. The van der Waals surface area contributed by atoms with Crippen molar-refractivity contribution < 1.29 is 0 Å². The van der Waals surface area contributed by atoms with Crippen LogP contribution in [-0.2, 0) is 16.2 Å². The highest BCUT2D eigenvalue weighted by atomic mass is 15.2. The second kappa shape index (κ2) is 11.0. The van der Waals surface area contributed by atoms with Crippen LogP contribution in [0.25, 0.3) is 22.3 Å². The number of benzene rings is 6. The Kier molecular flexibility index (Phi) is 6.82. The van der Waals surface area contributed by atoms with Crippen LogP contribution in [0.5, 0.6) is 0 Å². The molecule has 50 heavy (non-hydrogen) atoms. The van der Waals surface area contributed by atoms with Gasteiger partial charge in [-0.3, -0.25) is 0 Å². The van der Waals surface area contributed by atoms with Gasteiger partial charge in [0.05, 0.1) is 5.69 Å². The lowest BCUT2D eigenvalue weighted by Crippen LogP contribution is -2.45. The minimum Gasteiger partial charge on any atom is -0.355 e. The Balaban J connectivity index is 1.37. The SMILES string of the molecule is CC1(C)CCC(C)(C)c2cc(-c3cc(-c4ccccc4)cc4c3Bc3cccc5c3N4c3ccccc3C5(C)C)c(Nc3ccccc3)cc21. The van der Waals surface area contributed by atoms with E-state index in [0.29, 0.717) is 0 Å². The van der Waals surface area contributed by atoms with Gasteiger partial charge in [0.2, 0.25) is 0 Å². The van der Waals surface area contributed by atoms with Crippen LogP contribution in [0.2, 0.25) is 0 Å². The minimum absolute atomic E-state index is 0.0842. The molecule has 9 rings (SSSR count). The van der Waals surface area contributed by atoms with Crippen molar-refractivity contribution in [1.29, 1.82) is 0 Å². The van der Waals surface area contributed by atoms with Gasteiger partial charge in [0.1, 0.15) is 0 Å². The van der Waals surface area contributed by atoms with E-state index in [2.05, 4.69) is 179 Å². The molecule has 2 aliphatic heterocycles. The van der Waals surface area contributed by atoms with Gasteiger partial charge in [-0.05, 0) is 111 Å². The third-order valence-corrected chi connectivity index (χ3v) is 12.1. The molecule has 3 aliphatic rings. The lowest BCUT2D eigenvalue weighted by atomic mass is 9.55. The summed E-state index contributed by atoms with van der Waals surface area (Å²) >= 11 is 0. The van der Waals surface area contributed by atoms with Crippen molar-refractivity contribution in [2.75, 3.05) is 10.2 Å². The molecule has 0 saturated carbocycles. The lowest BCUT2D eigenvalue weighted by Gasteiger charge is -2.46. The highest BCUT2D eigenvalue weighted by molar-refractivity contribution is 6.73. The lowest BCUT2D eigenvalue weighted by molar-refractivity contribution is 0.332. The molecule has 0 radical (unpaired) electrons. The number of para-hydroxylation sites is 3. The molecule has 246 valence electrons. The number of nitrogens with one attached hydrogen (secondary N) is 1. The van der Waals surface area contributed by atoms with E-state index in [0.717, 1.165) is 13.0 Å². The summed E-state index contributed by atoms with van der Waals surface area (Å²) in [6.45, 7) is 14.5. The van der Waals surface area contributed by atoms with Gasteiger partial charge < -0.3 is 10.2 Å². The van der Waals surface area contributed by atoms with Crippen LogP contribution in [0.15, 0.2) is 127 Å². The van der Waals surface area contributed by atoms with Crippen LogP contribution in [0.3, 0.4) is 0 Å². The molecule has 0 atom stereocenters. The summed E-state index contributed by atoms with van der Waals surface area (Å²) in [6, 6.07) is 47.7. The van der Waals surface area contributed by atoms with E-state index in [1.54, 1.807) is 0 Å². The van der Waals surface area contributed by atoms with Gasteiger partial charge in [0.15, 0.2) is 7.28 Å². The van der Waals surface area contributed by atoms with Gasteiger partial charge in [0, 0.05) is 33.7 Å². The zero-order valence-electron chi connectivity index (χ0n) is 30.2. The first kappa shape index (κ1) is 31.0. The van der Waals surface area contributed by atoms with Crippen molar-refractivity contribution in [3.8, 4) is 22.3 Å². The summed E-state index contributed by atoms with van der Waals surface area (Å²) in [7, 11) is 0.883. The first-order chi connectivity index (χ1) is 24.0.